The molecule has 0 atom stereocenters. The van der Waals surface area contributed by atoms with Crippen molar-refractivity contribution in [2.45, 2.75) is 18.1 Å². The van der Waals surface area contributed by atoms with Crippen molar-refractivity contribution < 1.29 is 17.9 Å². The minimum Gasteiger partial charge on any atom is -0.465 e. The molecule has 2 rings (SSSR count). The van der Waals surface area contributed by atoms with Gasteiger partial charge in [0.25, 0.3) is 10.0 Å². The molecule has 2 aromatic rings. The largest absolute Gasteiger partial charge is 0.465 e. The number of carbonyl (C=O) groups excluding carboxylic acids is 1. The van der Waals surface area contributed by atoms with E-state index >= 15 is 0 Å². The smallest absolute Gasteiger partial charge is 0.340 e. The van der Waals surface area contributed by atoms with Crippen molar-refractivity contribution in [1.29, 1.82) is 0 Å². The van der Waals surface area contributed by atoms with Crippen LogP contribution in [0.4, 0.5) is 5.69 Å². The Balaban J connectivity index is 2.42. The lowest BCUT2D eigenvalue weighted by molar-refractivity contribution is 0.0602. The zero-order valence-electron chi connectivity index (χ0n) is 11.8. The molecule has 0 radical (unpaired) electrons. The van der Waals surface area contributed by atoms with E-state index in [2.05, 4.69) is 9.46 Å². The summed E-state index contributed by atoms with van der Waals surface area (Å²) in [6.07, 6.45) is 0. The second kappa shape index (κ2) is 5.87. The topological polar surface area (TPSA) is 72.5 Å². The monoisotopic (exact) mass is 325 g/mol. The fourth-order valence-electron chi connectivity index (χ4n) is 1.78. The first-order valence-electron chi connectivity index (χ1n) is 6.12. The minimum atomic E-state index is -3.71. The number of esters is 1. The highest BCUT2D eigenvalue weighted by atomic mass is 32.2. The third-order valence-electron chi connectivity index (χ3n) is 2.81. The summed E-state index contributed by atoms with van der Waals surface area (Å²) in [5, 5.41) is 0. The number of hydrogen-bond donors (Lipinski definition) is 1. The Hall–Kier alpha value is -1.86. The number of aryl methyl sites for hydroxylation is 2. The Labute approximate surface area is 127 Å². The van der Waals surface area contributed by atoms with Crippen molar-refractivity contribution in [2.24, 2.45) is 0 Å². The van der Waals surface area contributed by atoms with E-state index in [0.29, 0.717) is 0 Å². The molecule has 7 heteroatoms. The highest BCUT2D eigenvalue weighted by Gasteiger charge is 2.20. The quantitative estimate of drug-likeness (QED) is 0.877. The molecule has 0 aliphatic rings. The van der Waals surface area contributed by atoms with E-state index in [1.807, 2.05) is 13.8 Å². The van der Waals surface area contributed by atoms with Crippen molar-refractivity contribution >= 4 is 33.0 Å². The lowest BCUT2D eigenvalue weighted by Crippen LogP contribution is -2.15. The van der Waals surface area contributed by atoms with Crippen LogP contribution in [0, 0.1) is 13.8 Å². The molecule has 0 bridgehead atoms. The van der Waals surface area contributed by atoms with Crippen LogP contribution in [0.25, 0.3) is 0 Å². The molecule has 0 saturated carbocycles. The highest BCUT2D eigenvalue weighted by molar-refractivity contribution is 7.94. The number of benzene rings is 1. The van der Waals surface area contributed by atoms with Gasteiger partial charge in [-0.2, -0.15) is 0 Å². The van der Waals surface area contributed by atoms with Gasteiger partial charge in [-0.15, -0.1) is 11.3 Å². The van der Waals surface area contributed by atoms with Gasteiger partial charge in [-0.3, -0.25) is 4.72 Å². The van der Waals surface area contributed by atoms with Gasteiger partial charge in [0.2, 0.25) is 0 Å². The molecular formula is C14H15NO4S2. The van der Waals surface area contributed by atoms with Gasteiger partial charge in [0, 0.05) is 4.88 Å². The maximum absolute atomic E-state index is 12.3. The van der Waals surface area contributed by atoms with Crippen molar-refractivity contribution in [3.05, 3.63) is 46.3 Å². The number of rotatable bonds is 4. The van der Waals surface area contributed by atoms with Crippen LogP contribution < -0.4 is 4.72 Å². The van der Waals surface area contributed by atoms with Gasteiger partial charge < -0.3 is 4.74 Å². The fraction of sp³-hybridized carbons (Fsp3) is 0.214. The normalized spacial score (nSPS) is 11.2. The Kier molecular flexibility index (Phi) is 4.34. The van der Waals surface area contributed by atoms with E-state index in [4.69, 9.17) is 0 Å². The summed E-state index contributed by atoms with van der Waals surface area (Å²) in [4.78, 5) is 12.7. The number of ether oxygens (including phenoxy) is 1. The fourth-order valence-corrected chi connectivity index (χ4v) is 4.14. The molecule has 1 heterocycles. The predicted octanol–water partition coefficient (Wildman–Crippen LogP) is 2.95. The van der Waals surface area contributed by atoms with E-state index in [9.17, 15) is 13.2 Å². The molecular weight excluding hydrogens is 310 g/mol. The third kappa shape index (κ3) is 3.43. The molecule has 5 nitrogen and oxygen atoms in total. The van der Waals surface area contributed by atoms with Crippen molar-refractivity contribution in [3.63, 3.8) is 0 Å². The number of carbonyl (C=O) groups is 1. The van der Waals surface area contributed by atoms with Gasteiger partial charge in [-0.05, 0) is 38.1 Å². The van der Waals surface area contributed by atoms with Crippen LogP contribution in [0.1, 0.15) is 20.8 Å². The Morgan fingerprint density at radius 1 is 1.19 bits per heavy atom. The average Bonchev–Trinajstić information content (AvgIpc) is 2.87. The number of sulfonamides is 1. The summed E-state index contributed by atoms with van der Waals surface area (Å²) in [7, 11) is -2.45. The van der Waals surface area contributed by atoms with Crippen LogP contribution in [-0.2, 0) is 14.8 Å². The average molecular weight is 325 g/mol. The van der Waals surface area contributed by atoms with Gasteiger partial charge in [-0.25, -0.2) is 13.2 Å². The van der Waals surface area contributed by atoms with Crippen molar-refractivity contribution in [1.82, 2.24) is 0 Å². The predicted molar refractivity (Wildman–Crippen MR) is 82.4 cm³/mol. The Morgan fingerprint density at radius 2 is 1.90 bits per heavy atom. The molecule has 1 aromatic carbocycles. The van der Waals surface area contributed by atoms with Gasteiger partial charge in [0.1, 0.15) is 4.21 Å². The number of methoxy groups -OCH3 is 1. The Bertz CT molecular complexity index is 778. The number of anilines is 1. The van der Waals surface area contributed by atoms with Crippen molar-refractivity contribution in [3.8, 4) is 0 Å². The first-order valence-corrected chi connectivity index (χ1v) is 8.41. The molecule has 1 aromatic heterocycles. The molecule has 0 aliphatic carbocycles. The lowest BCUT2D eigenvalue weighted by atomic mass is 10.1. The second-order valence-electron chi connectivity index (χ2n) is 4.51. The van der Waals surface area contributed by atoms with E-state index < -0.39 is 16.0 Å². The Morgan fingerprint density at radius 3 is 2.48 bits per heavy atom. The summed E-state index contributed by atoms with van der Waals surface area (Å²) >= 11 is 1.17. The molecule has 21 heavy (non-hydrogen) atoms. The first kappa shape index (κ1) is 15.5. The van der Waals surface area contributed by atoms with E-state index in [0.717, 1.165) is 10.4 Å². The molecule has 0 unspecified atom stereocenters. The molecule has 112 valence electrons. The molecule has 0 spiro atoms. The minimum absolute atomic E-state index is 0.189. The summed E-state index contributed by atoms with van der Waals surface area (Å²) in [6.45, 7) is 3.64. The molecule has 0 fully saturated rings. The maximum Gasteiger partial charge on any atom is 0.340 e. The second-order valence-corrected chi connectivity index (χ2v) is 7.71. The third-order valence-corrected chi connectivity index (χ3v) is 5.66. The van der Waals surface area contributed by atoms with Gasteiger partial charge in [0.15, 0.2) is 0 Å². The van der Waals surface area contributed by atoms with Crippen LogP contribution in [0.5, 0.6) is 0 Å². The molecule has 0 amide bonds. The van der Waals surface area contributed by atoms with E-state index in [1.165, 1.54) is 24.5 Å². The van der Waals surface area contributed by atoms with Crippen LogP contribution in [-0.4, -0.2) is 21.5 Å². The SMILES string of the molecule is COC(=O)c1cc(C)ccc1NS(=O)(=O)c1ccc(C)s1. The molecule has 0 aliphatic heterocycles. The summed E-state index contributed by atoms with van der Waals surface area (Å²) < 4.78 is 32.0. The van der Waals surface area contributed by atoms with Gasteiger partial charge in [-0.1, -0.05) is 11.6 Å². The van der Waals surface area contributed by atoms with Crippen LogP contribution in [0.15, 0.2) is 34.5 Å². The van der Waals surface area contributed by atoms with Gasteiger partial charge in [0.05, 0.1) is 18.4 Å². The first-order chi connectivity index (χ1) is 9.83. The molecule has 0 saturated heterocycles. The van der Waals surface area contributed by atoms with Crippen LogP contribution >= 0.6 is 11.3 Å². The number of hydrogen-bond acceptors (Lipinski definition) is 5. The zero-order valence-corrected chi connectivity index (χ0v) is 13.5. The molecule has 1 N–H and O–H groups in total. The highest BCUT2D eigenvalue weighted by Crippen LogP contribution is 2.26. The lowest BCUT2D eigenvalue weighted by Gasteiger charge is -2.11. The van der Waals surface area contributed by atoms with Gasteiger partial charge >= 0.3 is 5.97 Å². The summed E-state index contributed by atoms with van der Waals surface area (Å²) in [5.41, 5.74) is 1.23. The standard InChI is InChI=1S/C14H15NO4S2/c1-9-4-6-12(11(8-9)14(16)19-3)15-21(17,18)13-7-5-10(2)20-13/h4-8,15H,1-3H3. The maximum atomic E-state index is 12.3. The van der Waals surface area contributed by atoms with E-state index in [-0.39, 0.29) is 15.5 Å². The summed E-state index contributed by atoms with van der Waals surface area (Å²) in [6, 6.07) is 8.14. The van der Waals surface area contributed by atoms with Crippen LogP contribution in [0.3, 0.4) is 0 Å². The zero-order chi connectivity index (χ0) is 15.6. The number of thiophene rings is 1. The van der Waals surface area contributed by atoms with Crippen molar-refractivity contribution in [2.75, 3.05) is 11.8 Å². The van der Waals surface area contributed by atoms with Crippen LogP contribution in [0.2, 0.25) is 0 Å². The van der Waals surface area contributed by atoms with E-state index in [1.54, 1.807) is 24.3 Å². The number of nitrogens with one attached hydrogen (secondary N) is 1. The summed E-state index contributed by atoms with van der Waals surface area (Å²) in [5.74, 6) is -0.584.